The molecule has 2 aromatic heterocycles. The average molecular weight is 385 g/mol. The average Bonchev–Trinajstić information content (AvgIpc) is 2.95. The third-order valence-corrected chi connectivity index (χ3v) is 3.58. The number of amides is 1. The summed E-state index contributed by atoms with van der Waals surface area (Å²) in [6.45, 7) is -1.56. The number of halogens is 4. The zero-order valence-corrected chi connectivity index (χ0v) is 14.3. The van der Waals surface area contributed by atoms with Gasteiger partial charge in [0, 0.05) is 23.3 Å². The minimum Gasteiger partial charge on any atom is -0.350 e. The van der Waals surface area contributed by atoms with E-state index in [0.717, 1.165) is 10.6 Å². The van der Waals surface area contributed by atoms with E-state index in [1.807, 2.05) is 6.07 Å². The summed E-state index contributed by atoms with van der Waals surface area (Å²) in [4.78, 5) is 19.9. The fourth-order valence-corrected chi connectivity index (χ4v) is 2.35. The molecule has 0 aliphatic heterocycles. The van der Waals surface area contributed by atoms with Crippen LogP contribution >= 0.6 is 36.2 Å². The molecule has 0 unspecified atom stereocenters. The number of nitrogens with two attached hydrogens (primary N) is 1. The van der Waals surface area contributed by atoms with E-state index in [4.69, 9.17) is 5.73 Å². The maximum Gasteiger partial charge on any atom is 0.277 e. The molecule has 0 aliphatic carbocycles. The van der Waals surface area contributed by atoms with E-state index in [1.165, 1.54) is 11.3 Å². The van der Waals surface area contributed by atoms with Crippen LogP contribution in [0.3, 0.4) is 0 Å². The van der Waals surface area contributed by atoms with Gasteiger partial charge in [0.25, 0.3) is 5.92 Å². The highest BCUT2D eigenvalue weighted by Crippen LogP contribution is 2.22. The summed E-state index contributed by atoms with van der Waals surface area (Å²) in [5.74, 6) is -3.59. The first-order valence-electron chi connectivity index (χ1n) is 6.19. The molecule has 1 amide bonds. The normalized spacial score (nSPS) is 10.4. The van der Waals surface area contributed by atoms with Crippen LogP contribution < -0.4 is 11.1 Å². The van der Waals surface area contributed by atoms with Gasteiger partial charge in [-0.15, -0.1) is 36.2 Å². The first-order valence-corrected chi connectivity index (χ1v) is 7.07. The summed E-state index contributed by atoms with van der Waals surface area (Å²) in [6.07, 6.45) is 3.28. The summed E-state index contributed by atoms with van der Waals surface area (Å²) in [7, 11) is 0. The zero-order chi connectivity index (χ0) is 15.3. The fourth-order valence-electron chi connectivity index (χ4n) is 1.54. The van der Waals surface area contributed by atoms with Gasteiger partial charge in [0.2, 0.25) is 5.91 Å². The van der Waals surface area contributed by atoms with Crippen molar-refractivity contribution < 1.29 is 13.6 Å². The van der Waals surface area contributed by atoms with Crippen LogP contribution in [0, 0.1) is 0 Å². The lowest BCUT2D eigenvalue weighted by Gasteiger charge is -2.14. The Morgan fingerprint density at radius 1 is 1.39 bits per heavy atom. The third-order valence-electron chi connectivity index (χ3n) is 2.64. The Morgan fingerprint density at radius 2 is 2.13 bits per heavy atom. The van der Waals surface area contributed by atoms with Gasteiger partial charge >= 0.3 is 0 Å². The molecular formula is C13H16Cl2F2N4OS. The van der Waals surface area contributed by atoms with Crippen molar-refractivity contribution in [1.82, 2.24) is 15.3 Å². The molecule has 2 heterocycles. The van der Waals surface area contributed by atoms with Crippen molar-refractivity contribution in [2.24, 2.45) is 5.73 Å². The Balaban J connectivity index is 0.00000242. The van der Waals surface area contributed by atoms with E-state index in [1.54, 1.807) is 23.8 Å². The molecule has 0 bridgehead atoms. The van der Waals surface area contributed by atoms with Gasteiger partial charge in [-0.3, -0.25) is 9.78 Å². The highest BCUT2D eigenvalue weighted by Gasteiger charge is 2.27. The first-order chi connectivity index (χ1) is 10.00. The Bertz CT molecular complexity index is 613. The Hall–Kier alpha value is -1.35. The molecule has 128 valence electrons. The summed E-state index contributed by atoms with van der Waals surface area (Å²) in [5.41, 5.74) is 6.28. The molecular weight excluding hydrogens is 369 g/mol. The number of hydrogen-bond acceptors (Lipinski definition) is 5. The van der Waals surface area contributed by atoms with Gasteiger partial charge in [-0.2, -0.15) is 0 Å². The quantitative estimate of drug-likeness (QED) is 0.800. The SMILES string of the molecule is Cl.Cl.NCC(F)(F)CNC(=O)Cc1csc(-c2cccnc2)n1. The fraction of sp³-hybridized carbons (Fsp3) is 0.308. The standard InChI is InChI=1S/C13H14F2N4OS.2ClH/c14-13(15,7-16)8-18-11(20)4-10-6-21-12(19-10)9-2-1-3-17-5-9;;/h1-3,5-6H,4,7-8,16H2,(H,18,20);2*1H. The van der Waals surface area contributed by atoms with E-state index in [-0.39, 0.29) is 31.2 Å². The maximum absolute atomic E-state index is 12.9. The topological polar surface area (TPSA) is 80.9 Å². The number of hydrogen-bond donors (Lipinski definition) is 2. The Kier molecular flexibility index (Phi) is 9.14. The maximum atomic E-state index is 12.9. The van der Waals surface area contributed by atoms with Crippen LogP contribution in [-0.2, 0) is 11.2 Å². The van der Waals surface area contributed by atoms with Crippen molar-refractivity contribution in [3.05, 3.63) is 35.6 Å². The molecule has 3 N–H and O–H groups in total. The first kappa shape index (κ1) is 21.6. The largest absolute Gasteiger partial charge is 0.350 e. The predicted molar refractivity (Wildman–Crippen MR) is 90.6 cm³/mol. The highest BCUT2D eigenvalue weighted by molar-refractivity contribution is 7.13. The molecule has 2 rings (SSSR count). The van der Waals surface area contributed by atoms with Crippen LogP contribution in [0.2, 0.25) is 0 Å². The summed E-state index contributed by atoms with van der Waals surface area (Å²) >= 11 is 1.37. The van der Waals surface area contributed by atoms with E-state index < -0.39 is 24.9 Å². The Labute approximate surface area is 148 Å². The van der Waals surface area contributed by atoms with Crippen LogP contribution in [0.5, 0.6) is 0 Å². The van der Waals surface area contributed by atoms with Crippen LogP contribution in [0.15, 0.2) is 29.9 Å². The van der Waals surface area contributed by atoms with Crippen LogP contribution in [-0.4, -0.2) is 34.9 Å². The molecule has 23 heavy (non-hydrogen) atoms. The second-order valence-corrected chi connectivity index (χ2v) is 5.26. The van der Waals surface area contributed by atoms with Crippen molar-refractivity contribution in [2.75, 3.05) is 13.1 Å². The molecule has 0 fully saturated rings. The number of alkyl halides is 2. The number of thiazole rings is 1. The van der Waals surface area contributed by atoms with Crippen molar-refractivity contribution >= 4 is 42.1 Å². The number of carbonyl (C=O) groups is 1. The summed E-state index contributed by atoms with van der Waals surface area (Å²) in [6, 6.07) is 3.65. The number of aromatic nitrogens is 2. The van der Waals surface area contributed by atoms with Gasteiger partial charge in [-0.25, -0.2) is 13.8 Å². The highest BCUT2D eigenvalue weighted by atomic mass is 35.5. The van der Waals surface area contributed by atoms with Crippen molar-refractivity contribution in [2.45, 2.75) is 12.3 Å². The number of nitrogens with zero attached hydrogens (tertiary/aromatic N) is 2. The summed E-state index contributed by atoms with van der Waals surface area (Å²) in [5, 5.41) is 4.61. The van der Waals surface area contributed by atoms with E-state index in [0.29, 0.717) is 5.69 Å². The van der Waals surface area contributed by atoms with Crippen LogP contribution in [0.25, 0.3) is 10.6 Å². The molecule has 0 spiro atoms. The number of rotatable bonds is 6. The van der Waals surface area contributed by atoms with Gasteiger partial charge in [0.15, 0.2) is 0 Å². The van der Waals surface area contributed by atoms with Crippen LogP contribution in [0.4, 0.5) is 8.78 Å². The number of pyridine rings is 1. The minimum atomic E-state index is -3.08. The smallest absolute Gasteiger partial charge is 0.277 e. The van der Waals surface area contributed by atoms with Gasteiger partial charge in [0.05, 0.1) is 25.2 Å². The molecule has 0 radical (unpaired) electrons. The molecule has 2 aromatic rings. The van der Waals surface area contributed by atoms with E-state index in [2.05, 4.69) is 15.3 Å². The molecule has 0 saturated carbocycles. The number of nitrogens with one attached hydrogen (secondary N) is 1. The van der Waals surface area contributed by atoms with Crippen molar-refractivity contribution in [1.29, 1.82) is 0 Å². The van der Waals surface area contributed by atoms with Crippen molar-refractivity contribution in [3.8, 4) is 10.6 Å². The lowest BCUT2D eigenvalue weighted by atomic mass is 10.3. The minimum absolute atomic E-state index is 0. The summed E-state index contributed by atoms with van der Waals surface area (Å²) < 4.78 is 25.8. The molecule has 0 aromatic carbocycles. The lowest BCUT2D eigenvalue weighted by molar-refractivity contribution is -0.122. The van der Waals surface area contributed by atoms with Crippen molar-refractivity contribution in [3.63, 3.8) is 0 Å². The second kappa shape index (κ2) is 9.71. The van der Waals surface area contributed by atoms with E-state index in [9.17, 15) is 13.6 Å². The molecule has 10 heteroatoms. The third kappa shape index (κ3) is 6.74. The lowest BCUT2D eigenvalue weighted by Crippen LogP contribution is -2.42. The van der Waals surface area contributed by atoms with Gasteiger partial charge < -0.3 is 11.1 Å². The van der Waals surface area contributed by atoms with Crippen LogP contribution in [0.1, 0.15) is 5.69 Å². The van der Waals surface area contributed by atoms with Gasteiger partial charge in [0.1, 0.15) is 5.01 Å². The van der Waals surface area contributed by atoms with Gasteiger partial charge in [-0.05, 0) is 12.1 Å². The molecule has 5 nitrogen and oxygen atoms in total. The molecule has 0 atom stereocenters. The predicted octanol–water partition coefficient (Wildman–Crippen LogP) is 2.30. The molecule has 0 saturated heterocycles. The Morgan fingerprint density at radius 3 is 2.74 bits per heavy atom. The zero-order valence-electron chi connectivity index (χ0n) is 11.9. The van der Waals surface area contributed by atoms with Gasteiger partial charge in [-0.1, -0.05) is 0 Å². The number of carbonyl (C=O) groups excluding carboxylic acids is 1. The monoisotopic (exact) mass is 384 g/mol. The van der Waals surface area contributed by atoms with E-state index >= 15 is 0 Å². The second-order valence-electron chi connectivity index (χ2n) is 4.40. The molecule has 0 aliphatic rings.